The molecule has 48 valence electrons. The minimum atomic E-state index is -0.0151. The van der Waals surface area contributed by atoms with Crippen LogP contribution in [0, 0.1) is 0 Å². The van der Waals surface area contributed by atoms with Crippen molar-refractivity contribution in [2.75, 3.05) is 0 Å². The van der Waals surface area contributed by atoms with E-state index in [0.29, 0.717) is 0 Å². The summed E-state index contributed by atoms with van der Waals surface area (Å²) in [6, 6.07) is 3.67. The van der Waals surface area contributed by atoms with E-state index < -0.39 is 0 Å². The molecule has 0 aromatic carbocycles. The normalized spacial score (nSPS) is 13.1. The van der Waals surface area contributed by atoms with Gasteiger partial charge < -0.3 is 5.73 Å². The standard InChI is InChI=1S/C6H9N3/c1-5(7)6-3-2-4-8-9-6/h2-5H,7H2,1H3. The molecule has 0 aliphatic carbocycles. The van der Waals surface area contributed by atoms with E-state index >= 15 is 0 Å². The number of nitrogens with two attached hydrogens (primary N) is 1. The molecule has 0 saturated heterocycles. The first kappa shape index (κ1) is 6.16. The van der Waals surface area contributed by atoms with Crippen LogP contribution >= 0.6 is 0 Å². The number of rotatable bonds is 1. The van der Waals surface area contributed by atoms with Gasteiger partial charge in [0.2, 0.25) is 0 Å². The van der Waals surface area contributed by atoms with Crippen molar-refractivity contribution in [1.29, 1.82) is 0 Å². The molecule has 1 unspecified atom stereocenters. The third kappa shape index (κ3) is 1.47. The predicted octanol–water partition coefficient (Wildman–Crippen LogP) is 0.496. The fraction of sp³-hybridized carbons (Fsp3) is 0.333. The highest BCUT2D eigenvalue weighted by Crippen LogP contribution is 2.00. The molecule has 1 rings (SSSR count). The highest BCUT2D eigenvalue weighted by atomic mass is 15.1. The Balaban J connectivity index is 2.85. The molecule has 0 fully saturated rings. The lowest BCUT2D eigenvalue weighted by Crippen LogP contribution is -2.07. The molecule has 0 amide bonds. The third-order valence-electron chi connectivity index (χ3n) is 1.06. The summed E-state index contributed by atoms with van der Waals surface area (Å²) in [5.74, 6) is 0. The third-order valence-corrected chi connectivity index (χ3v) is 1.06. The maximum Gasteiger partial charge on any atom is 0.0795 e. The molecule has 0 radical (unpaired) electrons. The van der Waals surface area contributed by atoms with E-state index in [1.807, 2.05) is 19.1 Å². The van der Waals surface area contributed by atoms with Gasteiger partial charge in [-0.3, -0.25) is 0 Å². The van der Waals surface area contributed by atoms with Crippen LogP contribution < -0.4 is 5.73 Å². The monoisotopic (exact) mass is 123 g/mol. The Bertz CT molecular complexity index is 171. The molecule has 0 aliphatic heterocycles. The summed E-state index contributed by atoms with van der Waals surface area (Å²) in [7, 11) is 0. The van der Waals surface area contributed by atoms with Crippen LogP contribution in [0.1, 0.15) is 18.7 Å². The fourth-order valence-electron chi connectivity index (χ4n) is 0.556. The number of hydrogen-bond acceptors (Lipinski definition) is 3. The zero-order valence-electron chi connectivity index (χ0n) is 5.28. The van der Waals surface area contributed by atoms with Gasteiger partial charge in [0, 0.05) is 12.2 Å². The number of hydrogen-bond donors (Lipinski definition) is 1. The summed E-state index contributed by atoms with van der Waals surface area (Å²) in [6.07, 6.45) is 1.63. The summed E-state index contributed by atoms with van der Waals surface area (Å²) in [4.78, 5) is 0. The Hall–Kier alpha value is -0.960. The Kier molecular flexibility index (Phi) is 1.75. The molecule has 0 saturated carbocycles. The minimum absolute atomic E-state index is 0.0151. The number of nitrogens with zero attached hydrogens (tertiary/aromatic N) is 2. The van der Waals surface area contributed by atoms with Gasteiger partial charge in [-0.05, 0) is 19.1 Å². The van der Waals surface area contributed by atoms with Crippen molar-refractivity contribution in [2.24, 2.45) is 5.73 Å². The van der Waals surface area contributed by atoms with Crippen LogP contribution in [-0.4, -0.2) is 10.2 Å². The largest absolute Gasteiger partial charge is 0.323 e. The van der Waals surface area contributed by atoms with Crippen molar-refractivity contribution in [3.05, 3.63) is 24.0 Å². The van der Waals surface area contributed by atoms with Crippen LogP contribution in [0.5, 0.6) is 0 Å². The first-order valence-electron chi connectivity index (χ1n) is 2.84. The van der Waals surface area contributed by atoms with Crippen molar-refractivity contribution in [2.45, 2.75) is 13.0 Å². The molecule has 3 heteroatoms. The molecule has 0 bridgehead atoms. The topological polar surface area (TPSA) is 51.8 Å². The maximum absolute atomic E-state index is 5.51. The van der Waals surface area contributed by atoms with Gasteiger partial charge in [0.25, 0.3) is 0 Å². The molecular formula is C6H9N3. The lowest BCUT2D eigenvalue weighted by atomic mass is 10.2. The van der Waals surface area contributed by atoms with Gasteiger partial charge in [0.15, 0.2) is 0 Å². The van der Waals surface area contributed by atoms with Crippen LogP contribution in [0.3, 0.4) is 0 Å². The van der Waals surface area contributed by atoms with Crippen molar-refractivity contribution < 1.29 is 0 Å². The quantitative estimate of drug-likeness (QED) is 0.591. The lowest BCUT2D eigenvalue weighted by molar-refractivity contribution is 0.752. The molecular weight excluding hydrogens is 114 g/mol. The van der Waals surface area contributed by atoms with E-state index in [2.05, 4.69) is 10.2 Å². The summed E-state index contributed by atoms with van der Waals surface area (Å²) in [6.45, 7) is 1.88. The second-order valence-corrected chi connectivity index (χ2v) is 1.94. The predicted molar refractivity (Wildman–Crippen MR) is 34.6 cm³/mol. The van der Waals surface area contributed by atoms with Crippen LogP contribution in [0.15, 0.2) is 18.3 Å². The Morgan fingerprint density at radius 2 is 2.44 bits per heavy atom. The summed E-state index contributed by atoms with van der Waals surface area (Å²) in [5, 5.41) is 7.48. The van der Waals surface area contributed by atoms with Crippen LogP contribution in [0.25, 0.3) is 0 Å². The highest BCUT2D eigenvalue weighted by Gasteiger charge is 1.96. The van der Waals surface area contributed by atoms with Gasteiger partial charge in [-0.1, -0.05) is 0 Å². The maximum atomic E-state index is 5.51. The molecule has 1 heterocycles. The van der Waals surface area contributed by atoms with Crippen LogP contribution in [-0.2, 0) is 0 Å². The van der Waals surface area contributed by atoms with Crippen molar-refractivity contribution >= 4 is 0 Å². The van der Waals surface area contributed by atoms with E-state index in [1.165, 1.54) is 0 Å². The van der Waals surface area contributed by atoms with Gasteiger partial charge in [-0.25, -0.2) is 0 Å². The van der Waals surface area contributed by atoms with E-state index in [-0.39, 0.29) is 6.04 Å². The minimum Gasteiger partial charge on any atom is -0.323 e. The lowest BCUT2D eigenvalue weighted by Gasteiger charge is -1.99. The summed E-state index contributed by atoms with van der Waals surface area (Å²) < 4.78 is 0. The van der Waals surface area contributed by atoms with Gasteiger partial charge in [-0.15, -0.1) is 0 Å². The summed E-state index contributed by atoms with van der Waals surface area (Å²) in [5.41, 5.74) is 6.34. The summed E-state index contributed by atoms with van der Waals surface area (Å²) >= 11 is 0. The van der Waals surface area contributed by atoms with Crippen LogP contribution in [0.2, 0.25) is 0 Å². The van der Waals surface area contributed by atoms with Crippen LogP contribution in [0.4, 0.5) is 0 Å². The van der Waals surface area contributed by atoms with Gasteiger partial charge in [0.1, 0.15) is 0 Å². The fourth-order valence-corrected chi connectivity index (χ4v) is 0.556. The zero-order chi connectivity index (χ0) is 6.69. The molecule has 3 nitrogen and oxygen atoms in total. The Morgan fingerprint density at radius 1 is 1.67 bits per heavy atom. The number of aromatic nitrogens is 2. The van der Waals surface area contributed by atoms with E-state index in [9.17, 15) is 0 Å². The molecule has 1 atom stereocenters. The molecule has 1 aromatic rings. The SMILES string of the molecule is CC(N)c1cccnn1. The van der Waals surface area contributed by atoms with E-state index in [0.717, 1.165) is 5.69 Å². The molecule has 9 heavy (non-hydrogen) atoms. The first-order valence-corrected chi connectivity index (χ1v) is 2.84. The van der Waals surface area contributed by atoms with Gasteiger partial charge in [0.05, 0.1) is 5.69 Å². The van der Waals surface area contributed by atoms with Gasteiger partial charge >= 0.3 is 0 Å². The average molecular weight is 123 g/mol. The van der Waals surface area contributed by atoms with Crippen molar-refractivity contribution in [1.82, 2.24) is 10.2 Å². The Morgan fingerprint density at radius 3 is 2.78 bits per heavy atom. The first-order chi connectivity index (χ1) is 4.30. The molecule has 0 aliphatic rings. The molecule has 1 aromatic heterocycles. The van der Waals surface area contributed by atoms with E-state index in [4.69, 9.17) is 5.73 Å². The molecule has 2 N–H and O–H groups in total. The highest BCUT2D eigenvalue weighted by molar-refractivity contribution is 5.02. The second-order valence-electron chi connectivity index (χ2n) is 1.94. The van der Waals surface area contributed by atoms with E-state index in [1.54, 1.807) is 6.20 Å². The van der Waals surface area contributed by atoms with Crippen molar-refractivity contribution in [3.63, 3.8) is 0 Å². The van der Waals surface area contributed by atoms with Crippen molar-refractivity contribution in [3.8, 4) is 0 Å². The zero-order valence-corrected chi connectivity index (χ0v) is 5.28. The second kappa shape index (κ2) is 2.55. The smallest absolute Gasteiger partial charge is 0.0795 e. The Labute approximate surface area is 53.9 Å². The molecule has 0 spiro atoms. The van der Waals surface area contributed by atoms with Gasteiger partial charge in [-0.2, -0.15) is 10.2 Å². The average Bonchev–Trinajstić information content (AvgIpc) is 1.90.